The number of rotatable bonds is 2. The third kappa shape index (κ3) is 3.64. The molecule has 0 aliphatic heterocycles. The lowest BCUT2D eigenvalue weighted by Gasteiger charge is -2.18. The maximum atomic E-state index is 18.3. The highest BCUT2D eigenvalue weighted by atomic mass is 32.1. The van der Waals surface area contributed by atoms with Gasteiger partial charge in [0.2, 0.25) is 0 Å². The summed E-state index contributed by atoms with van der Waals surface area (Å²) in [4.78, 5) is 0. The second-order valence-electron chi connectivity index (χ2n) is 12.8. The number of hydrogen-bond donors (Lipinski definition) is 0. The lowest BCUT2D eigenvalue weighted by molar-refractivity contribution is 0.613. The Labute approximate surface area is 297 Å². The first-order valence-electron chi connectivity index (χ1n) is 16.5. The van der Waals surface area contributed by atoms with Crippen molar-refractivity contribution in [1.29, 1.82) is 10.5 Å². The highest BCUT2D eigenvalue weighted by Crippen LogP contribution is 2.47. The Morgan fingerprint density at radius 1 is 0.451 bits per heavy atom. The molecule has 0 radical (unpaired) electrons. The van der Waals surface area contributed by atoms with Crippen molar-refractivity contribution >= 4 is 107 Å². The van der Waals surface area contributed by atoms with Crippen molar-refractivity contribution in [2.75, 3.05) is 0 Å². The molecule has 0 N–H and O–H groups in total. The van der Waals surface area contributed by atoms with E-state index in [2.05, 4.69) is 60.7 Å². The summed E-state index contributed by atoms with van der Waals surface area (Å²) in [5, 5.41) is 29.7. The monoisotopic (exact) mass is 688 g/mol. The van der Waals surface area contributed by atoms with E-state index in [9.17, 15) is 10.5 Å². The molecule has 0 atom stereocenters. The van der Waals surface area contributed by atoms with Gasteiger partial charge in [0.25, 0.3) is 0 Å². The molecule has 11 aromatic rings. The predicted molar refractivity (Wildman–Crippen MR) is 210 cm³/mol. The number of nitriles is 2. The summed E-state index contributed by atoms with van der Waals surface area (Å²) < 4.78 is 26.4. The SMILES string of the molecule is N#Cc1cc(C#N)c(-n2c3ccccc3c3ccc4c5ccccc5sc4c32)c(F)c1-n1c2ccccc2c2ccc3c4ccccc4sc3c21. The Morgan fingerprint density at radius 2 is 0.843 bits per heavy atom. The van der Waals surface area contributed by atoms with Gasteiger partial charge < -0.3 is 9.13 Å². The van der Waals surface area contributed by atoms with Crippen molar-refractivity contribution in [3.63, 3.8) is 0 Å². The van der Waals surface area contributed by atoms with Crippen molar-refractivity contribution in [2.24, 2.45) is 0 Å². The van der Waals surface area contributed by atoms with E-state index >= 15 is 4.39 Å². The van der Waals surface area contributed by atoms with Crippen LogP contribution in [-0.4, -0.2) is 9.13 Å². The highest BCUT2D eigenvalue weighted by molar-refractivity contribution is 7.27. The number of hydrogen-bond acceptors (Lipinski definition) is 4. The molecule has 7 aromatic carbocycles. The van der Waals surface area contributed by atoms with Crippen molar-refractivity contribution < 1.29 is 4.39 Å². The number of benzene rings is 7. The smallest absolute Gasteiger partial charge is 0.173 e. The Morgan fingerprint density at radius 3 is 1.29 bits per heavy atom. The third-order valence-corrected chi connectivity index (χ3v) is 12.6. The Kier molecular flexibility index (Phi) is 5.70. The molecule has 0 spiro atoms. The van der Waals surface area contributed by atoms with Crippen LogP contribution in [0.5, 0.6) is 0 Å². The zero-order valence-electron chi connectivity index (χ0n) is 26.6. The zero-order chi connectivity index (χ0) is 34.0. The Balaban J connectivity index is 1.35. The van der Waals surface area contributed by atoms with Crippen LogP contribution in [0.3, 0.4) is 0 Å². The van der Waals surface area contributed by atoms with Gasteiger partial charge in [0.1, 0.15) is 23.5 Å². The van der Waals surface area contributed by atoms with Gasteiger partial charge in [-0.3, -0.25) is 0 Å². The van der Waals surface area contributed by atoms with Crippen LogP contribution in [0.1, 0.15) is 11.1 Å². The van der Waals surface area contributed by atoms with E-state index in [0.29, 0.717) is 0 Å². The molecular formula is C44H21FN4S2. The lowest BCUT2D eigenvalue weighted by Crippen LogP contribution is -2.09. The van der Waals surface area contributed by atoms with E-state index in [1.54, 1.807) is 28.7 Å². The van der Waals surface area contributed by atoms with Crippen LogP contribution in [-0.2, 0) is 0 Å². The molecule has 236 valence electrons. The fourth-order valence-corrected chi connectivity index (χ4v) is 10.6. The van der Waals surface area contributed by atoms with Crippen molar-refractivity contribution in [3.05, 3.63) is 144 Å². The number of halogens is 1. The standard InChI is InChI=1S/C44H21FN4S2/c45-38-39(48-34-13-5-1-9-26(34)30-17-19-32-28-11-3-7-15-36(28)50-43(32)41(30)48)24(22-46)21-25(23-47)40(38)49-35-14-6-2-10-27(35)31-18-20-33-29-12-4-8-16-37(29)51-44(33)42(31)49/h1-21H. The quantitative estimate of drug-likeness (QED) is 0.181. The molecule has 0 bridgehead atoms. The maximum absolute atomic E-state index is 18.3. The van der Waals surface area contributed by atoms with Gasteiger partial charge in [-0.15, -0.1) is 22.7 Å². The summed E-state index contributed by atoms with van der Waals surface area (Å²) in [7, 11) is 0. The molecule has 11 rings (SSSR count). The summed E-state index contributed by atoms with van der Waals surface area (Å²) in [5.41, 5.74) is 3.73. The summed E-state index contributed by atoms with van der Waals surface area (Å²) >= 11 is 3.34. The molecule has 7 heteroatoms. The number of aromatic nitrogens is 2. The summed E-state index contributed by atoms with van der Waals surface area (Å²) in [6, 6.07) is 47.1. The molecule has 0 saturated carbocycles. The molecule has 0 fully saturated rings. The van der Waals surface area contributed by atoms with Crippen LogP contribution < -0.4 is 0 Å². The van der Waals surface area contributed by atoms with Gasteiger partial charge in [0.05, 0.1) is 42.6 Å². The van der Waals surface area contributed by atoms with E-state index in [0.717, 1.165) is 84.0 Å². The molecular weight excluding hydrogens is 668 g/mol. The molecule has 0 aliphatic rings. The number of nitrogens with zero attached hydrogens (tertiary/aromatic N) is 4. The van der Waals surface area contributed by atoms with Gasteiger partial charge >= 0.3 is 0 Å². The average Bonchev–Trinajstić information content (AvgIpc) is 3.92. The van der Waals surface area contributed by atoms with Gasteiger partial charge in [-0.1, -0.05) is 97.1 Å². The molecule has 0 unspecified atom stereocenters. The average molecular weight is 689 g/mol. The van der Waals surface area contributed by atoms with Gasteiger partial charge in [0, 0.05) is 52.5 Å². The molecule has 0 amide bonds. The summed E-state index contributed by atoms with van der Waals surface area (Å²) in [6.45, 7) is 0. The van der Waals surface area contributed by atoms with Crippen LogP contribution in [0.4, 0.5) is 4.39 Å². The minimum atomic E-state index is -0.618. The first kappa shape index (κ1) is 28.3. The topological polar surface area (TPSA) is 57.4 Å². The summed E-state index contributed by atoms with van der Waals surface area (Å²) in [5.74, 6) is -0.618. The molecule has 4 heterocycles. The fourth-order valence-electron chi connectivity index (χ4n) is 8.16. The van der Waals surface area contributed by atoms with E-state index in [1.807, 2.05) is 81.9 Å². The maximum Gasteiger partial charge on any atom is 0.173 e. The van der Waals surface area contributed by atoms with Crippen LogP contribution >= 0.6 is 22.7 Å². The second kappa shape index (κ2) is 10.3. The first-order chi connectivity index (χ1) is 25.2. The first-order valence-corrected chi connectivity index (χ1v) is 18.1. The number of fused-ring (bicyclic) bond motifs is 14. The lowest BCUT2D eigenvalue weighted by atomic mass is 10.0. The van der Waals surface area contributed by atoms with Crippen LogP contribution in [0, 0.1) is 28.5 Å². The van der Waals surface area contributed by atoms with Gasteiger partial charge in [-0.2, -0.15) is 10.5 Å². The predicted octanol–water partition coefficient (Wildman–Crippen LogP) is 12.5. The Hall–Kier alpha value is -6.51. The molecule has 0 aliphatic carbocycles. The van der Waals surface area contributed by atoms with Crippen molar-refractivity contribution in [3.8, 4) is 23.5 Å². The molecule has 0 saturated heterocycles. The summed E-state index contributed by atoms with van der Waals surface area (Å²) in [6.07, 6.45) is 0. The van der Waals surface area contributed by atoms with Crippen LogP contribution in [0.2, 0.25) is 0 Å². The zero-order valence-corrected chi connectivity index (χ0v) is 28.2. The number of thiophene rings is 2. The van der Waals surface area contributed by atoms with E-state index in [1.165, 1.54) is 0 Å². The minimum Gasteiger partial charge on any atom is -0.304 e. The molecule has 4 aromatic heterocycles. The normalized spacial score (nSPS) is 12.0. The largest absolute Gasteiger partial charge is 0.304 e. The van der Waals surface area contributed by atoms with Gasteiger partial charge in [0.15, 0.2) is 5.82 Å². The van der Waals surface area contributed by atoms with Crippen molar-refractivity contribution in [2.45, 2.75) is 0 Å². The van der Waals surface area contributed by atoms with Gasteiger partial charge in [-0.05, 0) is 30.3 Å². The molecule has 4 nitrogen and oxygen atoms in total. The van der Waals surface area contributed by atoms with E-state index in [4.69, 9.17) is 0 Å². The Bertz CT molecular complexity index is 3190. The minimum absolute atomic E-state index is 0.0985. The van der Waals surface area contributed by atoms with E-state index in [-0.39, 0.29) is 22.5 Å². The number of para-hydroxylation sites is 2. The van der Waals surface area contributed by atoms with Crippen LogP contribution in [0.25, 0.3) is 95.3 Å². The highest BCUT2D eigenvalue weighted by Gasteiger charge is 2.28. The van der Waals surface area contributed by atoms with Gasteiger partial charge in [-0.25, -0.2) is 4.39 Å². The van der Waals surface area contributed by atoms with Crippen LogP contribution in [0.15, 0.2) is 127 Å². The second-order valence-corrected chi connectivity index (χ2v) is 14.9. The molecule has 51 heavy (non-hydrogen) atoms. The third-order valence-electron chi connectivity index (χ3n) is 10.3. The fraction of sp³-hybridized carbons (Fsp3) is 0. The van der Waals surface area contributed by atoms with E-state index < -0.39 is 5.82 Å². The van der Waals surface area contributed by atoms with Crippen molar-refractivity contribution in [1.82, 2.24) is 9.13 Å².